The normalized spacial score (nSPS) is 19.6. The van der Waals surface area contributed by atoms with Crippen LogP contribution in [0.3, 0.4) is 0 Å². The molecule has 0 bridgehead atoms. The first-order valence-corrected chi connectivity index (χ1v) is 23.4. The van der Waals surface area contributed by atoms with Crippen LogP contribution in [0, 0.1) is 6.92 Å². The lowest BCUT2D eigenvalue weighted by atomic mass is 9.33. The first kappa shape index (κ1) is 39.8. The van der Waals surface area contributed by atoms with Crippen molar-refractivity contribution in [1.82, 2.24) is 0 Å². The molecule has 0 radical (unpaired) electrons. The van der Waals surface area contributed by atoms with Crippen LogP contribution < -0.4 is 31.1 Å². The van der Waals surface area contributed by atoms with Gasteiger partial charge in [-0.2, -0.15) is 0 Å². The summed E-state index contributed by atoms with van der Waals surface area (Å²) < 4.78 is 0. The highest BCUT2D eigenvalue weighted by molar-refractivity contribution is 7.00. The molecule has 1 saturated carbocycles. The van der Waals surface area contributed by atoms with Crippen molar-refractivity contribution in [3.63, 3.8) is 0 Å². The third-order valence-electron chi connectivity index (χ3n) is 15.5. The molecule has 0 N–H and O–H groups in total. The molecule has 2 unspecified atom stereocenters. The van der Waals surface area contributed by atoms with E-state index in [-0.39, 0.29) is 28.5 Å². The second-order valence-electron chi connectivity index (χ2n) is 21.4. The van der Waals surface area contributed by atoms with Gasteiger partial charge >= 0.3 is 0 Å². The Balaban J connectivity index is 1.27. The van der Waals surface area contributed by atoms with E-state index >= 15 is 0 Å². The van der Waals surface area contributed by atoms with Crippen LogP contribution in [0.2, 0.25) is 0 Å². The third kappa shape index (κ3) is 5.93. The number of hydrogen-bond acceptors (Lipinski definition) is 3. The molecule has 3 nitrogen and oxygen atoms in total. The minimum atomic E-state index is -0.0562. The molecule has 7 aromatic rings. The van der Waals surface area contributed by atoms with Crippen molar-refractivity contribution < 1.29 is 0 Å². The van der Waals surface area contributed by atoms with E-state index in [1.165, 1.54) is 98.3 Å². The smallest absolute Gasteiger partial charge is 0.252 e. The molecule has 314 valence electrons. The van der Waals surface area contributed by atoms with Gasteiger partial charge in [0.15, 0.2) is 0 Å². The highest BCUT2D eigenvalue weighted by Gasteiger charge is 2.61. The summed E-state index contributed by atoms with van der Waals surface area (Å²) in [5.74, 6) is 0. The van der Waals surface area contributed by atoms with E-state index < -0.39 is 0 Å². The lowest BCUT2D eigenvalue weighted by Gasteiger charge is -2.53. The molecule has 0 amide bonds. The molecule has 4 aliphatic rings. The minimum Gasteiger partial charge on any atom is -0.335 e. The fourth-order valence-electron chi connectivity index (χ4n) is 11.9. The van der Waals surface area contributed by atoms with Gasteiger partial charge in [0.1, 0.15) is 0 Å². The van der Waals surface area contributed by atoms with E-state index in [1.807, 2.05) is 0 Å². The predicted molar refractivity (Wildman–Crippen MR) is 271 cm³/mol. The van der Waals surface area contributed by atoms with Gasteiger partial charge in [-0.1, -0.05) is 146 Å². The van der Waals surface area contributed by atoms with Crippen molar-refractivity contribution >= 4 is 68.6 Å². The predicted octanol–water partition coefficient (Wildman–Crippen LogP) is 14.1. The summed E-state index contributed by atoms with van der Waals surface area (Å²) >= 11 is 0. The van der Waals surface area contributed by atoms with Crippen molar-refractivity contribution in [2.75, 3.05) is 14.7 Å². The average Bonchev–Trinajstić information content (AvgIpc) is 3.48. The summed E-state index contributed by atoms with van der Waals surface area (Å²) in [5, 5.41) is 0. The topological polar surface area (TPSA) is 9.72 Å². The van der Waals surface area contributed by atoms with Crippen LogP contribution in [-0.2, 0) is 16.2 Å². The Morgan fingerprint density at radius 2 is 1.14 bits per heavy atom. The van der Waals surface area contributed by atoms with Crippen LogP contribution in [0.4, 0.5) is 45.5 Å². The summed E-state index contributed by atoms with van der Waals surface area (Å²) in [5.41, 5.74) is 22.3. The quantitative estimate of drug-likeness (QED) is 0.160. The molecule has 4 heteroatoms. The van der Waals surface area contributed by atoms with E-state index in [0.29, 0.717) is 0 Å². The lowest BCUT2D eigenvalue weighted by Crippen LogP contribution is -2.64. The average molecular weight is 822 g/mol. The Labute approximate surface area is 376 Å². The molecule has 3 aliphatic heterocycles. The zero-order chi connectivity index (χ0) is 43.6. The van der Waals surface area contributed by atoms with Gasteiger partial charge in [-0.25, -0.2) is 0 Å². The maximum absolute atomic E-state index is 2.87. The lowest BCUT2D eigenvalue weighted by molar-refractivity contribution is 0.195. The summed E-state index contributed by atoms with van der Waals surface area (Å²) in [6.07, 6.45) is 4.90. The van der Waals surface area contributed by atoms with E-state index in [1.54, 1.807) is 5.56 Å². The highest BCUT2D eigenvalue weighted by Crippen LogP contribution is 2.62. The van der Waals surface area contributed by atoms with E-state index in [2.05, 4.69) is 229 Å². The largest absolute Gasteiger partial charge is 0.335 e. The monoisotopic (exact) mass is 821 g/mol. The Bertz CT molecular complexity index is 2890. The molecule has 63 heavy (non-hydrogen) atoms. The Kier molecular flexibility index (Phi) is 8.85. The summed E-state index contributed by atoms with van der Waals surface area (Å²) in [4.78, 5) is 7.95. The minimum absolute atomic E-state index is 0.00722. The van der Waals surface area contributed by atoms with Gasteiger partial charge in [-0.3, -0.25) is 0 Å². The first-order chi connectivity index (χ1) is 30.2. The Morgan fingerprint density at radius 3 is 1.79 bits per heavy atom. The maximum Gasteiger partial charge on any atom is 0.252 e. The second-order valence-corrected chi connectivity index (χ2v) is 21.4. The zero-order valence-electron chi connectivity index (χ0n) is 38.7. The summed E-state index contributed by atoms with van der Waals surface area (Å²) in [6, 6.07) is 57.7. The standard InChI is InChI=1S/C59H60BN3/c1-39-33-52-54-53(34-39)63-55-47(58(8)31-19-20-32-59(58,63)9)36-42(57(5,6)7)37-49(55)60(54)48-38-45(61(43-23-15-11-16-24-43)44-25-17-12-18-26-44)28-30-51(48)62(52)50-29-27-41(56(2,3)4)35-46(50)40-21-13-10-14-22-40/h10-18,21-30,33-38H,19-20,31-32H2,1-9H3. The van der Waals surface area contributed by atoms with Crippen molar-refractivity contribution in [3.05, 3.63) is 174 Å². The molecule has 7 aromatic carbocycles. The van der Waals surface area contributed by atoms with Crippen LogP contribution in [0.15, 0.2) is 152 Å². The van der Waals surface area contributed by atoms with Gasteiger partial charge in [-0.15, -0.1) is 0 Å². The number of aryl methyl sites for hydroxylation is 1. The van der Waals surface area contributed by atoms with Crippen molar-refractivity contribution in [3.8, 4) is 11.1 Å². The van der Waals surface area contributed by atoms with Crippen LogP contribution in [0.25, 0.3) is 11.1 Å². The van der Waals surface area contributed by atoms with Crippen LogP contribution in [0.5, 0.6) is 0 Å². The van der Waals surface area contributed by atoms with E-state index in [0.717, 1.165) is 17.1 Å². The highest BCUT2D eigenvalue weighted by atomic mass is 15.3. The third-order valence-corrected chi connectivity index (χ3v) is 15.5. The van der Waals surface area contributed by atoms with E-state index in [9.17, 15) is 0 Å². The molecule has 0 saturated heterocycles. The fourth-order valence-corrected chi connectivity index (χ4v) is 11.9. The number of nitrogens with zero attached hydrogens (tertiary/aromatic N) is 3. The van der Waals surface area contributed by atoms with Crippen LogP contribution in [-0.4, -0.2) is 12.3 Å². The molecular formula is C59H60BN3. The van der Waals surface area contributed by atoms with Gasteiger partial charge in [0.05, 0.1) is 11.2 Å². The van der Waals surface area contributed by atoms with Gasteiger partial charge in [-0.05, 0) is 148 Å². The van der Waals surface area contributed by atoms with Crippen LogP contribution in [0.1, 0.15) is 103 Å². The van der Waals surface area contributed by atoms with Gasteiger partial charge in [0, 0.05) is 50.8 Å². The maximum atomic E-state index is 2.87. The number of hydrogen-bond donors (Lipinski definition) is 0. The number of rotatable bonds is 5. The molecule has 11 rings (SSSR count). The molecule has 2 atom stereocenters. The van der Waals surface area contributed by atoms with Gasteiger partial charge < -0.3 is 14.7 Å². The number of anilines is 8. The van der Waals surface area contributed by atoms with Crippen molar-refractivity contribution in [2.24, 2.45) is 0 Å². The summed E-state index contributed by atoms with van der Waals surface area (Å²) in [7, 11) is 0. The zero-order valence-corrected chi connectivity index (χ0v) is 38.7. The molecule has 1 aliphatic carbocycles. The first-order valence-electron chi connectivity index (χ1n) is 23.4. The fraction of sp³-hybridized carbons (Fsp3) is 0.288. The van der Waals surface area contributed by atoms with Gasteiger partial charge in [0.2, 0.25) is 0 Å². The van der Waals surface area contributed by atoms with Gasteiger partial charge in [0.25, 0.3) is 6.71 Å². The van der Waals surface area contributed by atoms with E-state index in [4.69, 9.17) is 0 Å². The number of fused-ring (bicyclic) bond motifs is 7. The van der Waals surface area contributed by atoms with Crippen LogP contribution >= 0.6 is 0 Å². The number of benzene rings is 7. The van der Waals surface area contributed by atoms with Crippen molar-refractivity contribution in [1.29, 1.82) is 0 Å². The summed E-state index contributed by atoms with van der Waals surface area (Å²) in [6.45, 7) is 21.8. The molecule has 0 aromatic heterocycles. The second kappa shape index (κ2) is 14.0. The molecule has 0 spiro atoms. The Morgan fingerprint density at radius 1 is 0.540 bits per heavy atom. The SMILES string of the molecule is Cc1cc2c3c(c1)N1c4c(cc(C(C)(C)C)cc4C4(C)CCCCC14C)B3c1cc(N(c3ccccc3)c3ccccc3)ccc1N2c1ccc(C(C)(C)C)cc1-c1ccccc1. The molecule has 1 fully saturated rings. The Hall–Kier alpha value is -6.00. The number of para-hydroxylation sites is 2. The molecular weight excluding hydrogens is 761 g/mol. The molecule has 3 heterocycles. The van der Waals surface area contributed by atoms with Crippen molar-refractivity contribution in [2.45, 2.75) is 110 Å².